The molecular formula is C17H20FO4P. The SMILES string of the molecule is COCOc1c(OC)cc(OC)cc1Pc1ccc(C)cc1F. The number of aryl methyl sites for hydroxylation is 1. The van der Waals surface area contributed by atoms with E-state index in [-0.39, 0.29) is 21.2 Å². The van der Waals surface area contributed by atoms with Crippen molar-refractivity contribution in [3.8, 4) is 17.2 Å². The first kappa shape index (κ1) is 17.5. The quantitative estimate of drug-likeness (QED) is 0.575. The van der Waals surface area contributed by atoms with Gasteiger partial charge in [-0.2, -0.15) is 0 Å². The molecule has 0 saturated carbocycles. The zero-order chi connectivity index (χ0) is 16.8. The standard InChI is InChI=1S/C17H20FO4P/c1-11-5-6-15(13(18)7-11)23-16-9-12(20-3)8-14(21-4)17(16)22-10-19-2/h5-9,23H,10H2,1-4H3. The van der Waals surface area contributed by atoms with Gasteiger partial charge in [-0.25, -0.2) is 4.39 Å². The van der Waals surface area contributed by atoms with Gasteiger partial charge in [0.1, 0.15) is 11.6 Å². The van der Waals surface area contributed by atoms with Crippen molar-refractivity contribution in [2.45, 2.75) is 6.92 Å². The largest absolute Gasteiger partial charge is 0.497 e. The van der Waals surface area contributed by atoms with E-state index < -0.39 is 0 Å². The Kier molecular flexibility index (Phi) is 6.20. The molecule has 23 heavy (non-hydrogen) atoms. The number of hydrogen-bond donors (Lipinski definition) is 0. The highest BCUT2D eigenvalue weighted by Gasteiger charge is 2.16. The molecule has 2 rings (SSSR count). The Bertz CT molecular complexity index is 676. The predicted molar refractivity (Wildman–Crippen MR) is 90.8 cm³/mol. The summed E-state index contributed by atoms with van der Waals surface area (Å²) in [5.41, 5.74) is 0.884. The van der Waals surface area contributed by atoms with Gasteiger partial charge in [-0.1, -0.05) is 20.7 Å². The Morgan fingerprint density at radius 1 is 1.00 bits per heavy atom. The molecule has 0 N–H and O–H groups in total. The molecule has 0 fully saturated rings. The molecule has 0 bridgehead atoms. The van der Waals surface area contributed by atoms with Crippen molar-refractivity contribution in [1.82, 2.24) is 0 Å². The molecule has 124 valence electrons. The van der Waals surface area contributed by atoms with Gasteiger partial charge in [0.15, 0.2) is 18.3 Å². The summed E-state index contributed by atoms with van der Waals surface area (Å²) in [6.45, 7) is 1.94. The highest BCUT2D eigenvalue weighted by atomic mass is 31.1. The van der Waals surface area contributed by atoms with Crippen molar-refractivity contribution in [1.29, 1.82) is 0 Å². The predicted octanol–water partition coefficient (Wildman–Crippen LogP) is 2.76. The summed E-state index contributed by atoms with van der Waals surface area (Å²) in [6.07, 6.45) is 0. The Hall–Kier alpha value is -1.84. The van der Waals surface area contributed by atoms with Gasteiger partial charge in [-0.3, -0.25) is 0 Å². The molecule has 1 atom stereocenters. The lowest BCUT2D eigenvalue weighted by Gasteiger charge is -2.16. The fraction of sp³-hybridized carbons (Fsp3) is 0.294. The van der Waals surface area contributed by atoms with E-state index in [4.69, 9.17) is 18.9 Å². The zero-order valence-electron chi connectivity index (χ0n) is 13.6. The molecule has 2 aromatic carbocycles. The van der Waals surface area contributed by atoms with E-state index in [0.29, 0.717) is 22.6 Å². The van der Waals surface area contributed by atoms with Gasteiger partial charge in [0.2, 0.25) is 0 Å². The highest BCUT2D eigenvalue weighted by molar-refractivity contribution is 7.55. The van der Waals surface area contributed by atoms with Crippen LogP contribution in [0.5, 0.6) is 17.2 Å². The molecule has 0 aromatic heterocycles. The summed E-state index contributed by atoms with van der Waals surface area (Å²) >= 11 is 0. The number of ether oxygens (including phenoxy) is 4. The number of benzene rings is 2. The van der Waals surface area contributed by atoms with Crippen LogP contribution in [-0.2, 0) is 4.74 Å². The fourth-order valence-corrected chi connectivity index (χ4v) is 3.24. The maximum Gasteiger partial charge on any atom is 0.188 e. The first-order valence-corrected chi connectivity index (χ1v) is 8.00. The van der Waals surface area contributed by atoms with Crippen LogP contribution in [0.3, 0.4) is 0 Å². The second-order valence-electron chi connectivity index (χ2n) is 4.87. The molecule has 0 aliphatic heterocycles. The minimum Gasteiger partial charge on any atom is -0.497 e. The van der Waals surface area contributed by atoms with Crippen molar-refractivity contribution in [3.63, 3.8) is 0 Å². The Balaban J connectivity index is 2.44. The van der Waals surface area contributed by atoms with Gasteiger partial charge in [0.25, 0.3) is 0 Å². The number of halogens is 1. The summed E-state index contributed by atoms with van der Waals surface area (Å²) in [6, 6.07) is 8.75. The minimum absolute atomic E-state index is 0.0653. The lowest BCUT2D eigenvalue weighted by molar-refractivity contribution is 0.0499. The van der Waals surface area contributed by atoms with Gasteiger partial charge in [-0.05, 0) is 24.6 Å². The molecule has 0 spiro atoms. The molecule has 0 heterocycles. The van der Waals surface area contributed by atoms with Crippen molar-refractivity contribution < 1.29 is 23.3 Å². The molecule has 0 amide bonds. The van der Waals surface area contributed by atoms with E-state index in [1.807, 2.05) is 19.1 Å². The highest BCUT2D eigenvalue weighted by Crippen LogP contribution is 2.34. The van der Waals surface area contributed by atoms with Crippen molar-refractivity contribution in [2.75, 3.05) is 28.1 Å². The normalized spacial score (nSPS) is 11.0. The third-order valence-electron chi connectivity index (χ3n) is 3.20. The molecule has 2 aromatic rings. The van der Waals surface area contributed by atoms with Crippen LogP contribution in [0.15, 0.2) is 30.3 Å². The summed E-state index contributed by atoms with van der Waals surface area (Å²) in [5, 5.41) is 1.40. The fourth-order valence-electron chi connectivity index (χ4n) is 2.07. The molecule has 0 radical (unpaired) electrons. The molecule has 1 unspecified atom stereocenters. The average molecular weight is 338 g/mol. The lowest BCUT2D eigenvalue weighted by Crippen LogP contribution is -2.14. The van der Waals surface area contributed by atoms with Gasteiger partial charge in [0.05, 0.1) is 14.2 Å². The smallest absolute Gasteiger partial charge is 0.188 e. The first-order chi connectivity index (χ1) is 11.1. The maximum absolute atomic E-state index is 14.2. The monoisotopic (exact) mass is 338 g/mol. The maximum atomic E-state index is 14.2. The topological polar surface area (TPSA) is 36.9 Å². The number of rotatable bonds is 7. The van der Waals surface area contributed by atoms with Crippen LogP contribution in [0.1, 0.15) is 5.56 Å². The van der Waals surface area contributed by atoms with Gasteiger partial charge < -0.3 is 18.9 Å². The molecule has 4 nitrogen and oxygen atoms in total. The van der Waals surface area contributed by atoms with E-state index in [9.17, 15) is 4.39 Å². The van der Waals surface area contributed by atoms with E-state index in [0.717, 1.165) is 10.9 Å². The van der Waals surface area contributed by atoms with Crippen LogP contribution < -0.4 is 24.8 Å². The van der Waals surface area contributed by atoms with Crippen molar-refractivity contribution in [3.05, 3.63) is 41.7 Å². The molecule has 6 heteroatoms. The van der Waals surface area contributed by atoms with Gasteiger partial charge in [-0.15, -0.1) is 0 Å². The molecule has 0 aliphatic rings. The van der Waals surface area contributed by atoms with Crippen LogP contribution >= 0.6 is 8.58 Å². The van der Waals surface area contributed by atoms with E-state index in [2.05, 4.69) is 0 Å². The second kappa shape index (κ2) is 8.14. The summed E-state index contributed by atoms with van der Waals surface area (Å²) in [5.74, 6) is 1.45. The molecular weight excluding hydrogens is 318 g/mol. The average Bonchev–Trinajstić information content (AvgIpc) is 2.55. The van der Waals surface area contributed by atoms with Crippen LogP contribution in [0.25, 0.3) is 0 Å². The minimum atomic E-state index is -0.234. The second-order valence-corrected chi connectivity index (χ2v) is 6.19. The van der Waals surface area contributed by atoms with Crippen LogP contribution in [-0.4, -0.2) is 28.1 Å². The van der Waals surface area contributed by atoms with Crippen LogP contribution in [0.4, 0.5) is 4.39 Å². The zero-order valence-corrected chi connectivity index (χ0v) is 14.6. The molecule has 0 saturated heterocycles. The van der Waals surface area contributed by atoms with Crippen LogP contribution in [0, 0.1) is 12.7 Å². The Morgan fingerprint density at radius 3 is 2.39 bits per heavy atom. The third kappa shape index (κ3) is 4.34. The van der Waals surface area contributed by atoms with E-state index in [1.54, 1.807) is 26.4 Å². The Morgan fingerprint density at radius 2 is 1.78 bits per heavy atom. The molecule has 0 aliphatic carbocycles. The summed E-state index contributed by atoms with van der Waals surface area (Å²) in [4.78, 5) is 0. The van der Waals surface area contributed by atoms with Gasteiger partial charge >= 0.3 is 0 Å². The number of hydrogen-bond acceptors (Lipinski definition) is 4. The number of methoxy groups -OCH3 is 3. The van der Waals surface area contributed by atoms with Crippen LogP contribution in [0.2, 0.25) is 0 Å². The Labute approximate surface area is 137 Å². The summed E-state index contributed by atoms with van der Waals surface area (Å²) < 4.78 is 35.4. The van der Waals surface area contributed by atoms with Gasteiger partial charge in [0, 0.05) is 23.8 Å². The lowest BCUT2D eigenvalue weighted by atomic mass is 10.2. The van der Waals surface area contributed by atoms with Crippen molar-refractivity contribution in [2.24, 2.45) is 0 Å². The van der Waals surface area contributed by atoms with E-state index >= 15 is 0 Å². The third-order valence-corrected chi connectivity index (χ3v) is 4.51. The van der Waals surface area contributed by atoms with E-state index in [1.165, 1.54) is 13.2 Å². The summed E-state index contributed by atoms with van der Waals surface area (Å²) in [7, 11) is 4.73. The van der Waals surface area contributed by atoms with Crippen molar-refractivity contribution >= 4 is 19.2 Å². The first-order valence-electron chi connectivity index (χ1n) is 7.00.